The Morgan fingerprint density at radius 2 is 1.61 bits per heavy atom. The van der Waals surface area contributed by atoms with Gasteiger partial charge in [0, 0.05) is 6.42 Å². The molecule has 23 heavy (non-hydrogen) atoms. The number of nitrogens with one attached hydrogen (secondary N) is 1. The maximum Gasteiger partial charge on any atom is 0.322 e. The Hall–Kier alpha value is -0.970. The van der Waals surface area contributed by atoms with Crippen LogP contribution in [-0.4, -0.2) is 35.5 Å². The number of carboxylic acids is 1. The standard InChI is InChI=1S/C13H23NO3.C5H12S/c1-2-3-4-5-6-7-8-9-10-12(15)14-11-13(16)17;1-3-4-5-6-2/h6-7H,2-5,8-11H2,1H3,(H,14,15)(H,16,17);3-5H2,1-2H3/b7-6-;. The number of allylic oxidation sites excluding steroid dienone is 2. The molecule has 0 rings (SSSR count). The summed E-state index contributed by atoms with van der Waals surface area (Å²) in [6.07, 6.45) is 16.0. The molecular weight excluding hydrogens is 310 g/mol. The minimum Gasteiger partial charge on any atom is -0.480 e. The van der Waals surface area contributed by atoms with E-state index < -0.39 is 5.97 Å². The van der Waals surface area contributed by atoms with Gasteiger partial charge < -0.3 is 10.4 Å². The van der Waals surface area contributed by atoms with Gasteiger partial charge in [0.15, 0.2) is 0 Å². The number of rotatable bonds is 13. The van der Waals surface area contributed by atoms with Gasteiger partial charge in [-0.05, 0) is 44.1 Å². The third kappa shape index (κ3) is 26.3. The molecule has 0 saturated carbocycles. The van der Waals surface area contributed by atoms with Gasteiger partial charge in [0.2, 0.25) is 5.91 Å². The van der Waals surface area contributed by atoms with Gasteiger partial charge in [-0.25, -0.2) is 0 Å². The van der Waals surface area contributed by atoms with Crippen LogP contribution < -0.4 is 5.32 Å². The maximum absolute atomic E-state index is 11.1. The van der Waals surface area contributed by atoms with E-state index in [-0.39, 0.29) is 12.5 Å². The van der Waals surface area contributed by atoms with Gasteiger partial charge in [0.1, 0.15) is 6.54 Å². The van der Waals surface area contributed by atoms with Gasteiger partial charge in [-0.1, -0.05) is 45.3 Å². The Morgan fingerprint density at radius 3 is 2.09 bits per heavy atom. The Morgan fingerprint density at radius 1 is 1.00 bits per heavy atom. The van der Waals surface area contributed by atoms with Crippen LogP contribution in [0, 0.1) is 0 Å². The second-order valence-corrected chi connectivity index (χ2v) is 6.36. The summed E-state index contributed by atoms with van der Waals surface area (Å²) in [4.78, 5) is 21.3. The zero-order valence-electron chi connectivity index (χ0n) is 15.1. The molecule has 5 heteroatoms. The molecule has 0 aromatic rings. The Bertz CT molecular complexity index is 303. The lowest BCUT2D eigenvalue weighted by molar-refractivity contribution is -0.137. The number of amides is 1. The van der Waals surface area contributed by atoms with E-state index in [4.69, 9.17) is 5.11 Å². The van der Waals surface area contributed by atoms with Crippen molar-refractivity contribution in [1.82, 2.24) is 5.32 Å². The van der Waals surface area contributed by atoms with Crippen LogP contribution in [0.4, 0.5) is 0 Å². The van der Waals surface area contributed by atoms with E-state index in [0.29, 0.717) is 6.42 Å². The van der Waals surface area contributed by atoms with Crippen LogP contribution in [0.1, 0.15) is 71.6 Å². The van der Waals surface area contributed by atoms with Crippen molar-refractivity contribution in [2.45, 2.75) is 71.6 Å². The molecule has 0 saturated heterocycles. The summed E-state index contributed by atoms with van der Waals surface area (Å²) in [6.45, 7) is 4.11. The van der Waals surface area contributed by atoms with Crippen molar-refractivity contribution in [3.05, 3.63) is 12.2 Å². The molecule has 4 nitrogen and oxygen atoms in total. The first kappa shape index (κ1) is 24.3. The van der Waals surface area contributed by atoms with E-state index in [2.05, 4.69) is 37.6 Å². The lowest BCUT2D eigenvalue weighted by atomic mass is 10.1. The highest BCUT2D eigenvalue weighted by atomic mass is 32.2. The van der Waals surface area contributed by atoms with Crippen LogP contribution in [-0.2, 0) is 9.59 Å². The van der Waals surface area contributed by atoms with Crippen LogP contribution in [0.3, 0.4) is 0 Å². The summed E-state index contributed by atoms with van der Waals surface area (Å²) >= 11 is 1.93. The first-order valence-corrected chi connectivity index (χ1v) is 10.1. The maximum atomic E-state index is 11.1. The van der Waals surface area contributed by atoms with Crippen molar-refractivity contribution in [2.24, 2.45) is 0 Å². The summed E-state index contributed by atoms with van der Waals surface area (Å²) in [5.74, 6) is 0.136. The topological polar surface area (TPSA) is 66.4 Å². The summed E-state index contributed by atoms with van der Waals surface area (Å²) in [7, 11) is 0. The van der Waals surface area contributed by atoms with Crippen molar-refractivity contribution in [3.63, 3.8) is 0 Å². The fourth-order valence-electron chi connectivity index (χ4n) is 1.68. The zero-order chi connectivity index (χ0) is 17.8. The number of hydrogen-bond acceptors (Lipinski definition) is 3. The van der Waals surface area contributed by atoms with Gasteiger partial charge in [0.05, 0.1) is 0 Å². The number of thioether (sulfide) groups is 1. The van der Waals surface area contributed by atoms with Gasteiger partial charge >= 0.3 is 5.97 Å². The average molecular weight is 346 g/mol. The summed E-state index contributed by atoms with van der Waals surface area (Å²) in [5.41, 5.74) is 0. The quantitative estimate of drug-likeness (QED) is 0.377. The molecule has 2 N–H and O–H groups in total. The van der Waals surface area contributed by atoms with Crippen molar-refractivity contribution in [1.29, 1.82) is 0 Å². The van der Waals surface area contributed by atoms with Gasteiger partial charge in [-0.15, -0.1) is 0 Å². The van der Waals surface area contributed by atoms with Crippen molar-refractivity contribution < 1.29 is 14.7 Å². The molecule has 0 radical (unpaired) electrons. The Labute approximate surface area is 146 Å². The molecule has 0 spiro atoms. The van der Waals surface area contributed by atoms with Crippen LogP contribution >= 0.6 is 11.8 Å². The van der Waals surface area contributed by atoms with E-state index in [1.807, 2.05) is 11.8 Å². The molecular formula is C18H35NO3S. The Balaban J connectivity index is 0. The van der Waals surface area contributed by atoms with Crippen LogP contribution in [0.25, 0.3) is 0 Å². The number of carboxylic acid groups (broad SMARTS) is 1. The van der Waals surface area contributed by atoms with Crippen LogP contribution in [0.5, 0.6) is 0 Å². The molecule has 0 aromatic heterocycles. The minimum absolute atomic E-state index is 0.188. The van der Waals surface area contributed by atoms with Crippen LogP contribution in [0.15, 0.2) is 12.2 Å². The summed E-state index contributed by atoms with van der Waals surface area (Å²) in [6, 6.07) is 0. The van der Waals surface area contributed by atoms with Gasteiger partial charge in [-0.2, -0.15) is 11.8 Å². The predicted molar refractivity (Wildman–Crippen MR) is 101 cm³/mol. The summed E-state index contributed by atoms with van der Waals surface area (Å²) in [5, 5.41) is 10.7. The number of hydrogen-bond donors (Lipinski definition) is 2. The largest absolute Gasteiger partial charge is 0.480 e. The van der Waals surface area contributed by atoms with Crippen molar-refractivity contribution in [3.8, 4) is 0 Å². The number of carbonyl (C=O) groups is 2. The van der Waals surface area contributed by atoms with Gasteiger partial charge in [0.25, 0.3) is 0 Å². The number of carbonyl (C=O) groups excluding carboxylic acids is 1. The van der Waals surface area contributed by atoms with Gasteiger partial charge in [-0.3, -0.25) is 9.59 Å². The molecule has 0 fully saturated rings. The van der Waals surface area contributed by atoms with Crippen molar-refractivity contribution >= 4 is 23.6 Å². The molecule has 0 aliphatic carbocycles. The fourth-order valence-corrected chi connectivity index (χ4v) is 2.26. The first-order valence-electron chi connectivity index (χ1n) is 8.70. The smallest absolute Gasteiger partial charge is 0.322 e. The van der Waals surface area contributed by atoms with E-state index in [1.54, 1.807) is 0 Å². The van der Waals surface area contributed by atoms with E-state index in [0.717, 1.165) is 19.3 Å². The highest BCUT2D eigenvalue weighted by Gasteiger charge is 2.02. The SMILES string of the molecule is CCCCC/C=C\CCCC(=O)NCC(=O)O.CCCCSC. The summed E-state index contributed by atoms with van der Waals surface area (Å²) < 4.78 is 0. The lowest BCUT2D eigenvalue weighted by Crippen LogP contribution is -2.28. The molecule has 0 bridgehead atoms. The second-order valence-electron chi connectivity index (χ2n) is 5.38. The Kier molecular flexibility index (Phi) is 22.2. The molecule has 0 unspecified atom stereocenters. The highest BCUT2D eigenvalue weighted by molar-refractivity contribution is 7.98. The highest BCUT2D eigenvalue weighted by Crippen LogP contribution is 2.02. The molecule has 0 aromatic carbocycles. The molecule has 1 amide bonds. The second kappa shape index (κ2) is 21.0. The first-order chi connectivity index (χ1) is 11.1. The average Bonchev–Trinajstić information content (AvgIpc) is 2.54. The monoisotopic (exact) mass is 345 g/mol. The molecule has 0 atom stereocenters. The van der Waals surface area contributed by atoms with Crippen LogP contribution in [0.2, 0.25) is 0 Å². The molecule has 0 heterocycles. The third-order valence-corrected chi connectivity index (χ3v) is 3.75. The predicted octanol–water partition coefficient (Wildman–Crippen LogP) is 4.64. The van der Waals surface area contributed by atoms with Crippen molar-refractivity contribution in [2.75, 3.05) is 18.6 Å². The number of unbranched alkanes of at least 4 members (excludes halogenated alkanes) is 5. The molecule has 136 valence electrons. The zero-order valence-corrected chi connectivity index (χ0v) is 15.9. The number of aliphatic carboxylic acids is 1. The van der Waals surface area contributed by atoms with E-state index in [1.165, 1.54) is 37.9 Å². The molecule has 0 aliphatic rings. The normalized spacial score (nSPS) is 10.2. The minimum atomic E-state index is -1.01. The molecule has 0 aliphatic heterocycles. The fraction of sp³-hybridized carbons (Fsp3) is 0.778. The lowest BCUT2D eigenvalue weighted by Gasteiger charge is -2.00. The van der Waals surface area contributed by atoms with E-state index >= 15 is 0 Å². The van der Waals surface area contributed by atoms with E-state index in [9.17, 15) is 9.59 Å². The third-order valence-electron chi connectivity index (χ3n) is 3.05.